The average molecular weight is 312 g/mol. The molecule has 0 radical (unpaired) electrons. The summed E-state index contributed by atoms with van der Waals surface area (Å²) >= 11 is 0. The molecule has 0 aromatic heterocycles. The molecular formula is C19H36O3. The largest absolute Gasteiger partial charge is 0.466 e. The van der Waals surface area contributed by atoms with Crippen LogP contribution in [0.5, 0.6) is 0 Å². The Morgan fingerprint density at radius 1 is 0.636 bits per heavy atom. The number of ketones is 1. The zero-order valence-corrected chi connectivity index (χ0v) is 14.8. The van der Waals surface area contributed by atoms with Gasteiger partial charge in [0.25, 0.3) is 0 Å². The summed E-state index contributed by atoms with van der Waals surface area (Å²) in [6.45, 7) is 4.78. The van der Waals surface area contributed by atoms with E-state index in [-0.39, 0.29) is 18.2 Å². The summed E-state index contributed by atoms with van der Waals surface area (Å²) in [5, 5.41) is 0. The highest BCUT2D eigenvalue weighted by Crippen LogP contribution is 2.11. The first-order valence-corrected chi connectivity index (χ1v) is 9.38. The van der Waals surface area contributed by atoms with Crippen LogP contribution in [0.4, 0.5) is 0 Å². The molecule has 0 fully saturated rings. The number of hydrogen-bond donors (Lipinski definition) is 0. The molecule has 0 saturated carbocycles. The molecule has 0 N–H and O–H groups in total. The van der Waals surface area contributed by atoms with Gasteiger partial charge in [0.05, 0.1) is 13.0 Å². The van der Waals surface area contributed by atoms with E-state index in [1.807, 2.05) is 0 Å². The molecule has 130 valence electrons. The van der Waals surface area contributed by atoms with Crippen LogP contribution in [-0.2, 0) is 14.3 Å². The van der Waals surface area contributed by atoms with Crippen molar-refractivity contribution in [2.45, 2.75) is 104 Å². The molecular weight excluding hydrogens is 276 g/mol. The molecule has 0 unspecified atom stereocenters. The maximum Gasteiger partial charge on any atom is 0.306 e. The predicted molar refractivity (Wildman–Crippen MR) is 92.0 cm³/mol. The quantitative estimate of drug-likeness (QED) is 0.275. The zero-order chi connectivity index (χ0) is 16.5. The lowest BCUT2D eigenvalue weighted by Crippen LogP contribution is -2.08. The third-order valence-corrected chi connectivity index (χ3v) is 3.93. The van der Waals surface area contributed by atoms with Crippen LogP contribution in [0.2, 0.25) is 0 Å². The molecule has 0 heterocycles. The standard InChI is InChI=1S/C19H36O3/c1-3-5-7-8-9-10-11-12-13-14-18(20)15-16-19(21)22-17-6-4-2/h3-17H2,1-2H3. The third kappa shape index (κ3) is 15.5. The number of carbonyl (C=O) groups excluding carboxylic acids is 2. The molecule has 0 aliphatic heterocycles. The van der Waals surface area contributed by atoms with Gasteiger partial charge in [0.1, 0.15) is 5.78 Å². The van der Waals surface area contributed by atoms with Gasteiger partial charge in [-0.25, -0.2) is 0 Å². The number of carbonyl (C=O) groups is 2. The molecule has 0 bridgehead atoms. The van der Waals surface area contributed by atoms with Crippen molar-refractivity contribution in [3.8, 4) is 0 Å². The first-order chi connectivity index (χ1) is 10.7. The van der Waals surface area contributed by atoms with Crippen molar-refractivity contribution >= 4 is 11.8 Å². The molecule has 0 aliphatic carbocycles. The smallest absolute Gasteiger partial charge is 0.306 e. The summed E-state index contributed by atoms with van der Waals surface area (Å²) in [5.41, 5.74) is 0. The molecule has 0 saturated heterocycles. The van der Waals surface area contributed by atoms with Gasteiger partial charge in [-0.15, -0.1) is 0 Å². The normalized spacial score (nSPS) is 10.6. The van der Waals surface area contributed by atoms with Crippen LogP contribution in [0.1, 0.15) is 104 Å². The van der Waals surface area contributed by atoms with Crippen molar-refractivity contribution in [1.29, 1.82) is 0 Å². The SMILES string of the molecule is CCCCCCCCCCCC(=O)CCC(=O)OCCCC. The van der Waals surface area contributed by atoms with Crippen LogP contribution in [0.15, 0.2) is 0 Å². The monoisotopic (exact) mass is 312 g/mol. The Balaban J connectivity index is 3.30. The van der Waals surface area contributed by atoms with E-state index >= 15 is 0 Å². The van der Waals surface area contributed by atoms with Crippen molar-refractivity contribution in [3.05, 3.63) is 0 Å². The second kappa shape index (κ2) is 16.5. The van der Waals surface area contributed by atoms with Gasteiger partial charge in [-0.1, -0.05) is 71.6 Å². The summed E-state index contributed by atoms with van der Waals surface area (Å²) in [6, 6.07) is 0. The summed E-state index contributed by atoms with van der Waals surface area (Å²) in [6.07, 6.45) is 14.5. The molecule has 0 rings (SSSR count). The molecule has 0 spiro atoms. The fraction of sp³-hybridized carbons (Fsp3) is 0.895. The lowest BCUT2D eigenvalue weighted by molar-refractivity contribution is -0.144. The first-order valence-electron chi connectivity index (χ1n) is 9.38. The van der Waals surface area contributed by atoms with Crippen LogP contribution in [0, 0.1) is 0 Å². The maximum absolute atomic E-state index is 11.7. The zero-order valence-electron chi connectivity index (χ0n) is 14.8. The highest BCUT2D eigenvalue weighted by Gasteiger charge is 2.07. The molecule has 22 heavy (non-hydrogen) atoms. The summed E-state index contributed by atoms with van der Waals surface area (Å²) in [4.78, 5) is 23.0. The fourth-order valence-corrected chi connectivity index (χ4v) is 2.40. The van der Waals surface area contributed by atoms with Gasteiger partial charge in [-0.05, 0) is 12.8 Å². The second-order valence-corrected chi connectivity index (χ2v) is 6.19. The Kier molecular flexibility index (Phi) is 15.9. The molecule has 0 atom stereocenters. The molecule has 0 amide bonds. The highest BCUT2D eigenvalue weighted by molar-refractivity contribution is 5.82. The number of esters is 1. The number of hydrogen-bond acceptors (Lipinski definition) is 3. The van der Waals surface area contributed by atoms with E-state index in [9.17, 15) is 9.59 Å². The van der Waals surface area contributed by atoms with Gasteiger partial charge in [-0.3, -0.25) is 9.59 Å². The van der Waals surface area contributed by atoms with Crippen LogP contribution in [-0.4, -0.2) is 18.4 Å². The number of ether oxygens (including phenoxy) is 1. The Hall–Kier alpha value is -0.860. The van der Waals surface area contributed by atoms with E-state index in [4.69, 9.17) is 4.74 Å². The second-order valence-electron chi connectivity index (χ2n) is 6.19. The van der Waals surface area contributed by atoms with Crippen molar-refractivity contribution in [2.24, 2.45) is 0 Å². The van der Waals surface area contributed by atoms with Gasteiger partial charge in [0, 0.05) is 12.8 Å². The van der Waals surface area contributed by atoms with Crippen molar-refractivity contribution in [1.82, 2.24) is 0 Å². The van der Waals surface area contributed by atoms with Gasteiger partial charge in [0.15, 0.2) is 0 Å². The minimum atomic E-state index is -0.228. The maximum atomic E-state index is 11.7. The number of Topliss-reactive ketones (excluding diaryl/α,β-unsaturated/α-hetero) is 1. The summed E-state index contributed by atoms with van der Waals surface area (Å²) < 4.78 is 5.04. The van der Waals surface area contributed by atoms with E-state index in [0.29, 0.717) is 19.4 Å². The Morgan fingerprint density at radius 3 is 1.77 bits per heavy atom. The molecule has 3 heteroatoms. The van der Waals surface area contributed by atoms with E-state index in [1.54, 1.807) is 0 Å². The van der Waals surface area contributed by atoms with Gasteiger partial charge in [0.2, 0.25) is 0 Å². The predicted octanol–water partition coefficient (Wildman–Crippen LogP) is 5.60. The molecule has 3 nitrogen and oxygen atoms in total. The Morgan fingerprint density at radius 2 is 1.18 bits per heavy atom. The van der Waals surface area contributed by atoms with Gasteiger partial charge in [-0.2, -0.15) is 0 Å². The minimum absolute atomic E-state index is 0.204. The molecule has 0 aromatic carbocycles. The topological polar surface area (TPSA) is 43.4 Å². The average Bonchev–Trinajstić information content (AvgIpc) is 2.51. The van der Waals surface area contributed by atoms with Crippen molar-refractivity contribution < 1.29 is 14.3 Å². The Bertz CT molecular complexity index is 274. The number of unbranched alkanes of at least 4 members (excludes halogenated alkanes) is 9. The third-order valence-electron chi connectivity index (χ3n) is 3.93. The molecule has 0 aromatic rings. The van der Waals surface area contributed by atoms with Crippen LogP contribution < -0.4 is 0 Å². The van der Waals surface area contributed by atoms with Crippen LogP contribution in [0.3, 0.4) is 0 Å². The van der Waals surface area contributed by atoms with Crippen molar-refractivity contribution in [2.75, 3.05) is 6.61 Å². The highest BCUT2D eigenvalue weighted by atomic mass is 16.5. The Labute approximate surface area is 137 Å². The van der Waals surface area contributed by atoms with Gasteiger partial charge < -0.3 is 4.74 Å². The lowest BCUT2D eigenvalue weighted by atomic mass is 10.0. The fourth-order valence-electron chi connectivity index (χ4n) is 2.40. The van der Waals surface area contributed by atoms with Gasteiger partial charge >= 0.3 is 5.97 Å². The molecule has 0 aliphatic rings. The van der Waals surface area contributed by atoms with Crippen LogP contribution in [0.25, 0.3) is 0 Å². The minimum Gasteiger partial charge on any atom is -0.466 e. The van der Waals surface area contributed by atoms with E-state index in [2.05, 4.69) is 13.8 Å². The van der Waals surface area contributed by atoms with Crippen molar-refractivity contribution in [3.63, 3.8) is 0 Å². The summed E-state index contributed by atoms with van der Waals surface area (Å²) in [7, 11) is 0. The van der Waals surface area contributed by atoms with E-state index < -0.39 is 0 Å². The van der Waals surface area contributed by atoms with Crippen LogP contribution >= 0.6 is 0 Å². The van der Waals surface area contributed by atoms with E-state index in [1.165, 1.54) is 44.9 Å². The van der Waals surface area contributed by atoms with E-state index in [0.717, 1.165) is 25.7 Å². The lowest BCUT2D eigenvalue weighted by Gasteiger charge is -2.04. The number of rotatable bonds is 16. The summed E-state index contributed by atoms with van der Waals surface area (Å²) in [5.74, 6) is -0.0238. The first kappa shape index (κ1) is 21.1.